The maximum atomic E-state index is 12.0. The zero-order chi connectivity index (χ0) is 29.0. The van der Waals surface area contributed by atoms with Crippen LogP contribution in [0.5, 0.6) is 0 Å². The van der Waals surface area contributed by atoms with Crippen LogP contribution in [-0.2, 0) is 32.2 Å². The lowest BCUT2D eigenvalue weighted by molar-refractivity contribution is -0.245. The Labute approximate surface area is 244 Å². The van der Waals surface area contributed by atoms with Crippen LogP contribution in [0.25, 0.3) is 11.1 Å². The third kappa shape index (κ3) is 9.41. The molecule has 0 unspecified atom stereocenters. The lowest BCUT2D eigenvalue weighted by Crippen LogP contribution is -2.31. The summed E-state index contributed by atoms with van der Waals surface area (Å²) in [5, 5.41) is 30.2. The van der Waals surface area contributed by atoms with Crippen molar-refractivity contribution >= 4 is 23.6 Å². The van der Waals surface area contributed by atoms with Crippen molar-refractivity contribution in [2.24, 2.45) is 0 Å². The molecule has 218 valence electrons. The zero-order valence-corrected chi connectivity index (χ0v) is 23.7. The van der Waals surface area contributed by atoms with Gasteiger partial charge in [0, 0.05) is 42.9 Å². The summed E-state index contributed by atoms with van der Waals surface area (Å²) in [4.78, 5) is 22.7. The number of hydrogen-bond donors (Lipinski definition) is 4. The number of amides is 1. The van der Waals surface area contributed by atoms with E-state index in [-0.39, 0.29) is 44.2 Å². The SMILES string of the molecule is O=C(O)CCCC(=O)NCc1cccc(-c2ccc([C@H]3O[C@@H](CSCCO)C[C@@H](c4ccc(CO)cc4)O3)cc2)c1. The second-order valence-corrected chi connectivity index (χ2v) is 11.1. The maximum absolute atomic E-state index is 12.0. The minimum absolute atomic E-state index is 0.00352. The monoisotopic (exact) mass is 579 g/mol. The van der Waals surface area contributed by atoms with Crippen molar-refractivity contribution in [3.05, 3.63) is 95.1 Å². The van der Waals surface area contributed by atoms with Gasteiger partial charge in [0.15, 0.2) is 6.29 Å². The minimum atomic E-state index is -0.900. The van der Waals surface area contributed by atoms with Gasteiger partial charge in [-0.05, 0) is 40.3 Å². The molecule has 3 atom stereocenters. The first-order valence-electron chi connectivity index (χ1n) is 13.8. The summed E-state index contributed by atoms with van der Waals surface area (Å²) in [6.07, 6.45) is 0.463. The van der Waals surface area contributed by atoms with Gasteiger partial charge in [0.25, 0.3) is 0 Å². The van der Waals surface area contributed by atoms with Crippen molar-refractivity contribution in [2.75, 3.05) is 18.1 Å². The van der Waals surface area contributed by atoms with E-state index in [4.69, 9.17) is 14.6 Å². The zero-order valence-electron chi connectivity index (χ0n) is 22.9. The Hall–Kier alpha value is -3.21. The molecule has 0 saturated carbocycles. The van der Waals surface area contributed by atoms with E-state index in [1.165, 1.54) is 0 Å². The number of thioether (sulfide) groups is 1. The highest BCUT2D eigenvalue weighted by molar-refractivity contribution is 7.99. The fourth-order valence-electron chi connectivity index (χ4n) is 4.68. The summed E-state index contributed by atoms with van der Waals surface area (Å²) >= 11 is 1.66. The molecule has 0 aromatic heterocycles. The number of hydrogen-bond acceptors (Lipinski definition) is 7. The Morgan fingerprint density at radius 1 is 0.878 bits per heavy atom. The van der Waals surface area contributed by atoms with Crippen LogP contribution in [0.1, 0.15) is 60.3 Å². The second kappa shape index (κ2) is 15.7. The topological polar surface area (TPSA) is 125 Å². The second-order valence-electron chi connectivity index (χ2n) is 10.00. The van der Waals surface area contributed by atoms with E-state index in [2.05, 4.69) is 5.32 Å². The normalized spacial score (nSPS) is 18.6. The molecule has 8 nitrogen and oxygen atoms in total. The lowest BCUT2D eigenvalue weighted by Gasteiger charge is -2.36. The van der Waals surface area contributed by atoms with Crippen LogP contribution in [0.4, 0.5) is 0 Å². The molecular weight excluding hydrogens is 542 g/mol. The largest absolute Gasteiger partial charge is 0.481 e. The molecule has 0 radical (unpaired) electrons. The first-order chi connectivity index (χ1) is 19.9. The average molecular weight is 580 g/mol. The van der Waals surface area contributed by atoms with Crippen molar-refractivity contribution in [1.82, 2.24) is 5.32 Å². The summed E-state index contributed by atoms with van der Waals surface area (Å²) in [7, 11) is 0. The number of carbonyl (C=O) groups is 2. The van der Waals surface area contributed by atoms with E-state index >= 15 is 0 Å². The Morgan fingerprint density at radius 3 is 2.34 bits per heavy atom. The van der Waals surface area contributed by atoms with Crippen molar-refractivity contribution in [3.8, 4) is 11.1 Å². The standard InChI is InChI=1S/C32H37NO7S/c34-15-16-41-21-28-18-29(25-9-7-22(20-35)8-10-25)40-32(39-28)26-13-11-24(12-14-26)27-4-1-3-23(17-27)19-33-30(36)5-2-6-31(37)38/h1,3-4,7-14,17,28-29,32,34-35H,2,5-6,15-16,18-21H2,(H,33,36)(H,37,38)/t28-,29+,32+/m1/s1. The summed E-state index contributed by atoms with van der Waals surface area (Å²) in [6, 6.07) is 23.8. The molecule has 1 aliphatic rings. The van der Waals surface area contributed by atoms with Gasteiger partial charge in [0.1, 0.15) is 0 Å². The van der Waals surface area contributed by atoms with E-state index in [0.717, 1.165) is 39.1 Å². The van der Waals surface area contributed by atoms with Gasteiger partial charge in [0.05, 0.1) is 25.4 Å². The van der Waals surface area contributed by atoms with Crippen LogP contribution in [0.2, 0.25) is 0 Å². The highest BCUT2D eigenvalue weighted by atomic mass is 32.2. The van der Waals surface area contributed by atoms with Gasteiger partial charge in [-0.2, -0.15) is 11.8 Å². The van der Waals surface area contributed by atoms with E-state index < -0.39 is 12.3 Å². The first-order valence-corrected chi connectivity index (χ1v) is 15.0. The van der Waals surface area contributed by atoms with Gasteiger partial charge < -0.3 is 30.1 Å². The predicted molar refractivity (Wildman–Crippen MR) is 158 cm³/mol. The van der Waals surface area contributed by atoms with E-state index in [1.807, 2.05) is 72.8 Å². The number of aliphatic hydroxyl groups excluding tert-OH is 2. The third-order valence-corrected chi connectivity index (χ3v) is 7.96. The summed E-state index contributed by atoms with van der Waals surface area (Å²) in [5.41, 5.74) is 5.79. The molecule has 41 heavy (non-hydrogen) atoms. The quantitative estimate of drug-likeness (QED) is 0.197. The van der Waals surface area contributed by atoms with Crippen molar-refractivity contribution in [2.45, 2.75) is 57.3 Å². The Morgan fingerprint density at radius 2 is 1.63 bits per heavy atom. The molecule has 0 aliphatic carbocycles. The number of carbonyl (C=O) groups excluding carboxylic acids is 1. The van der Waals surface area contributed by atoms with Crippen LogP contribution in [0.3, 0.4) is 0 Å². The van der Waals surface area contributed by atoms with Gasteiger partial charge in [-0.15, -0.1) is 0 Å². The molecule has 1 heterocycles. The smallest absolute Gasteiger partial charge is 0.303 e. The highest BCUT2D eigenvalue weighted by Crippen LogP contribution is 2.39. The van der Waals surface area contributed by atoms with Crippen molar-refractivity contribution in [3.63, 3.8) is 0 Å². The molecule has 4 rings (SSSR count). The van der Waals surface area contributed by atoms with Crippen LogP contribution < -0.4 is 5.32 Å². The number of benzene rings is 3. The molecule has 1 aliphatic heterocycles. The van der Waals surface area contributed by atoms with E-state index in [1.54, 1.807) is 11.8 Å². The van der Waals surface area contributed by atoms with Gasteiger partial charge in [0.2, 0.25) is 5.91 Å². The van der Waals surface area contributed by atoms with Gasteiger partial charge >= 0.3 is 5.97 Å². The molecule has 0 bridgehead atoms. The minimum Gasteiger partial charge on any atom is -0.481 e. The van der Waals surface area contributed by atoms with E-state index in [0.29, 0.717) is 25.1 Å². The molecule has 4 N–H and O–H groups in total. The van der Waals surface area contributed by atoms with Gasteiger partial charge in [-0.1, -0.05) is 66.7 Å². The summed E-state index contributed by atoms with van der Waals surface area (Å²) < 4.78 is 12.8. The fourth-order valence-corrected chi connectivity index (χ4v) is 5.46. The Kier molecular flexibility index (Phi) is 11.8. The average Bonchev–Trinajstić information content (AvgIpc) is 3.00. The van der Waals surface area contributed by atoms with Crippen LogP contribution in [0, 0.1) is 0 Å². The number of ether oxygens (including phenoxy) is 2. The van der Waals surface area contributed by atoms with E-state index in [9.17, 15) is 19.8 Å². The molecule has 1 fully saturated rings. The van der Waals surface area contributed by atoms with Crippen LogP contribution >= 0.6 is 11.8 Å². The fraction of sp³-hybridized carbons (Fsp3) is 0.375. The Balaban J connectivity index is 1.42. The first kappa shape index (κ1) is 30.7. The number of nitrogens with one attached hydrogen (secondary N) is 1. The highest BCUT2D eigenvalue weighted by Gasteiger charge is 2.32. The number of carboxylic acids is 1. The maximum Gasteiger partial charge on any atom is 0.303 e. The lowest BCUT2D eigenvalue weighted by atomic mass is 9.99. The third-order valence-electron chi connectivity index (χ3n) is 6.88. The predicted octanol–water partition coefficient (Wildman–Crippen LogP) is 4.99. The van der Waals surface area contributed by atoms with Gasteiger partial charge in [-0.3, -0.25) is 9.59 Å². The molecular formula is C32H37NO7S. The van der Waals surface area contributed by atoms with Crippen molar-refractivity contribution < 1.29 is 34.4 Å². The molecule has 9 heteroatoms. The number of carboxylic acid groups (broad SMARTS) is 1. The van der Waals surface area contributed by atoms with Gasteiger partial charge in [-0.25, -0.2) is 0 Å². The molecule has 3 aromatic carbocycles. The number of rotatable bonds is 14. The molecule has 1 amide bonds. The van der Waals surface area contributed by atoms with Crippen LogP contribution in [0.15, 0.2) is 72.8 Å². The molecule has 1 saturated heterocycles. The Bertz CT molecular complexity index is 1270. The summed E-state index contributed by atoms with van der Waals surface area (Å²) in [5.74, 6) is 0.350. The number of aliphatic hydroxyl groups is 2. The van der Waals surface area contributed by atoms with Crippen molar-refractivity contribution in [1.29, 1.82) is 0 Å². The molecule has 3 aromatic rings. The summed E-state index contributed by atoms with van der Waals surface area (Å²) in [6.45, 7) is 0.500. The van der Waals surface area contributed by atoms with Crippen LogP contribution in [-0.4, -0.2) is 51.4 Å². The number of aliphatic carboxylic acids is 1. The molecule has 0 spiro atoms.